The van der Waals surface area contributed by atoms with Gasteiger partial charge in [0.2, 0.25) is 0 Å². The standard InChI is InChI=1S/C16H22Cl2O2/c1-3-20-16(9-7-11(2)8-10-16)15(19)12-5-4-6-13(17)14(12)18/h4-6,11,15,19H,3,7-10H2,1-2H3. The lowest BCUT2D eigenvalue weighted by atomic mass is 9.74. The lowest BCUT2D eigenvalue weighted by Crippen LogP contribution is -2.43. The van der Waals surface area contributed by atoms with Gasteiger partial charge in [-0.1, -0.05) is 42.3 Å². The molecule has 1 aromatic rings. The van der Waals surface area contributed by atoms with E-state index in [1.54, 1.807) is 6.07 Å². The maximum atomic E-state index is 10.9. The van der Waals surface area contributed by atoms with Crippen molar-refractivity contribution in [1.29, 1.82) is 0 Å². The van der Waals surface area contributed by atoms with Crippen LogP contribution >= 0.6 is 23.2 Å². The van der Waals surface area contributed by atoms with Crippen molar-refractivity contribution in [3.8, 4) is 0 Å². The van der Waals surface area contributed by atoms with Gasteiger partial charge in [-0.25, -0.2) is 0 Å². The lowest BCUT2D eigenvalue weighted by molar-refractivity contribution is -0.146. The molecule has 112 valence electrons. The van der Waals surface area contributed by atoms with Crippen LogP contribution in [0.3, 0.4) is 0 Å². The van der Waals surface area contributed by atoms with Gasteiger partial charge < -0.3 is 9.84 Å². The molecule has 0 saturated heterocycles. The number of halogens is 2. The van der Waals surface area contributed by atoms with E-state index < -0.39 is 11.7 Å². The van der Waals surface area contributed by atoms with Gasteiger partial charge in [-0.2, -0.15) is 0 Å². The van der Waals surface area contributed by atoms with Gasteiger partial charge in [-0.15, -0.1) is 0 Å². The Bertz CT molecular complexity index is 454. The molecule has 20 heavy (non-hydrogen) atoms. The highest BCUT2D eigenvalue weighted by atomic mass is 35.5. The van der Waals surface area contributed by atoms with Crippen LogP contribution < -0.4 is 0 Å². The van der Waals surface area contributed by atoms with Gasteiger partial charge in [0.15, 0.2) is 0 Å². The first-order valence-corrected chi connectivity index (χ1v) is 8.01. The zero-order valence-corrected chi connectivity index (χ0v) is 13.5. The normalized spacial score (nSPS) is 28.4. The topological polar surface area (TPSA) is 29.5 Å². The fourth-order valence-corrected chi connectivity index (χ4v) is 3.46. The molecule has 1 fully saturated rings. The smallest absolute Gasteiger partial charge is 0.109 e. The van der Waals surface area contributed by atoms with Crippen molar-refractivity contribution < 1.29 is 9.84 Å². The third-order valence-electron chi connectivity index (χ3n) is 4.33. The van der Waals surface area contributed by atoms with Crippen molar-refractivity contribution >= 4 is 23.2 Å². The maximum absolute atomic E-state index is 10.9. The zero-order valence-electron chi connectivity index (χ0n) is 12.0. The van der Waals surface area contributed by atoms with Crippen LogP contribution in [0, 0.1) is 5.92 Å². The molecule has 1 unspecified atom stereocenters. The number of aliphatic hydroxyl groups excluding tert-OH is 1. The summed E-state index contributed by atoms with van der Waals surface area (Å²) in [5.74, 6) is 0.686. The third kappa shape index (κ3) is 3.14. The maximum Gasteiger partial charge on any atom is 0.109 e. The summed E-state index contributed by atoms with van der Waals surface area (Å²) in [4.78, 5) is 0. The monoisotopic (exact) mass is 316 g/mol. The van der Waals surface area contributed by atoms with E-state index >= 15 is 0 Å². The summed E-state index contributed by atoms with van der Waals surface area (Å²) in [6.45, 7) is 4.80. The summed E-state index contributed by atoms with van der Waals surface area (Å²) >= 11 is 12.3. The second-order valence-electron chi connectivity index (χ2n) is 5.73. The molecule has 4 heteroatoms. The molecule has 0 aliphatic heterocycles. The highest BCUT2D eigenvalue weighted by Gasteiger charge is 2.42. The fourth-order valence-electron chi connectivity index (χ4n) is 3.05. The van der Waals surface area contributed by atoms with E-state index in [-0.39, 0.29) is 0 Å². The molecule has 0 radical (unpaired) electrons. The van der Waals surface area contributed by atoms with E-state index in [9.17, 15) is 5.11 Å². The minimum absolute atomic E-state index is 0.430. The summed E-state index contributed by atoms with van der Waals surface area (Å²) in [6, 6.07) is 5.38. The van der Waals surface area contributed by atoms with E-state index in [4.69, 9.17) is 27.9 Å². The van der Waals surface area contributed by atoms with E-state index in [1.165, 1.54) is 0 Å². The fraction of sp³-hybridized carbons (Fsp3) is 0.625. The molecule has 0 aromatic heterocycles. The predicted molar refractivity (Wildman–Crippen MR) is 83.4 cm³/mol. The number of aliphatic hydroxyl groups is 1. The molecule has 0 heterocycles. The molecule has 0 amide bonds. The van der Waals surface area contributed by atoms with Gasteiger partial charge in [-0.3, -0.25) is 0 Å². The minimum Gasteiger partial charge on any atom is -0.385 e. The van der Waals surface area contributed by atoms with Crippen molar-refractivity contribution in [1.82, 2.24) is 0 Å². The molecule has 1 saturated carbocycles. The van der Waals surface area contributed by atoms with Gasteiger partial charge in [0.05, 0.1) is 15.6 Å². The van der Waals surface area contributed by atoms with Crippen LogP contribution in [0.1, 0.15) is 51.2 Å². The van der Waals surface area contributed by atoms with Gasteiger partial charge in [0.1, 0.15) is 6.10 Å². The summed E-state index contributed by atoms with van der Waals surface area (Å²) < 4.78 is 5.98. The van der Waals surface area contributed by atoms with Gasteiger partial charge >= 0.3 is 0 Å². The van der Waals surface area contributed by atoms with Crippen LogP contribution in [0.5, 0.6) is 0 Å². The second-order valence-corrected chi connectivity index (χ2v) is 6.51. The Morgan fingerprint density at radius 1 is 1.35 bits per heavy atom. The minimum atomic E-state index is -0.735. The van der Waals surface area contributed by atoms with Gasteiger partial charge in [0.25, 0.3) is 0 Å². The lowest BCUT2D eigenvalue weighted by Gasteiger charge is -2.42. The Kier molecular flexibility index (Phi) is 5.36. The highest BCUT2D eigenvalue weighted by molar-refractivity contribution is 6.42. The zero-order chi connectivity index (χ0) is 14.8. The Morgan fingerprint density at radius 2 is 2.00 bits per heavy atom. The van der Waals surface area contributed by atoms with Crippen molar-refractivity contribution in [3.63, 3.8) is 0 Å². The summed E-state index contributed by atoms with van der Waals surface area (Å²) in [5.41, 5.74) is 0.137. The molecule has 1 aliphatic carbocycles. The summed E-state index contributed by atoms with van der Waals surface area (Å²) in [5, 5.41) is 11.8. The first-order chi connectivity index (χ1) is 9.50. The van der Waals surface area contributed by atoms with Crippen molar-refractivity contribution in [2.75, 3.05) is 6.61 Å². The van der Waals surface area contributed by atoms with E-state index in [0.717, 1.165) is 25.7 Å². The molecule has 1 aliphatic rings. The highest BCUT2D eigenvalue weighted by Crippen LogP contribution is 2.45. The summed E-state index contributed by atoms with van der Waals surface area (Å²) in [7, 11) is 0. The van der Waals surface area contributed by atoms with Crippen LogP contribution in [0.25, 0.3) is 0 Å². The first-order valence-electron chi connectivity index (χ1n) is 7.26. The number of hydrogen-bond donors (Lipinski definition) is 1. The van der Waals surface area contributed by atoms with Crippen LogP contribution in [0.15, 0.2) is 18.2 Å². The molecular weight excluding hydrogens is 295 g/mol. The Balaban J connectivity index is 2.31. The molecule has 1 N–H and O–H groups in total. The van der Waals surface area contributed by atoms with Crippen molar-refractivity contribution in [2.45, 2.75) is 51.2 Å². The van der Waals surface area contributed by atoms with Crippen LogP contribution in [0.2, 0.25) is 10.0 Å². The van der Waals surface area contributed by atoms with E-state index in [1.807, 2.05) is 19.1 Å². The van der Waals surface area contributed by atoms with E-state index in [2.05, 4.69) is 6.92 Å². The average Bonchev–Trinajstić information content (AvgIpc) is 2.44. The number of ether oxygens (including phenoxy) is 1. The molecule has 0 bridgehead atoms. The summed E-state index contributed by atoms with van der Waals surface area (Å²) in [6.07, 6.45) is 3.10. The Labute approximate surface area is 131 Å². The van der Waals surface area contributed by atoms with E-state index in [0.29, 0.717) is 28.1 Å². The number of rotatable bonds is 4. The molecule has 2 rings (SSSR count). The van der Waals surface area contributed by atoms with Gasteiger partial charge in [0, 0.05) is 12.2 Å². The third-order valence-corrected chi connectivity index (χ3v) is 5.16. The van der Waals surface area contributed by atoms with Crippen molar-refractivity contribution in [2.24, 2.45) is 5.92 Å². The van der Waals surface area contributed by atoms with Crippen LogP contribution in [-0.4, -0.2) is 17.3 Å². The second kappa shape index (κ2) is 6.65. The number of benzene rings is 1. The SMILES string of the molecule is CCOC1(C(O)c2cccc(Cl)c2Cl)CCC(C)CC1. The predicted octanol–water partition coefficient (Wildman–Crippen LogP) is 5.01. The molecule has 0 spiro atoms. The Morgan fingerprint density at radius 3 is 2.60 bits per heavy atom. The van der Waals surface area contributed by atoms with Crippen LogP contribution in [0.4, 0.5) is 0 Å². The quantitative estimate of drug-likeness (QED) is 0.845. The average molecular weight is 317 g/mol. The number of hydrogen-bond acceptors (Lipinski definition) is 2. The molecule has 1 atom stereocenters. The van der Waals surface area contributed by atoms with Gasteiger partial charge in [-0.05, 0) is 44.6 Å². The van der Waals surface area contributed by atoms with Crippen molar-refractivity contribution in [3.05, 3.63) is 33.8 Å². The first kappa shape index (κ1) is 16.1. The Hall–Kier alpha value is -0.280. The molecule has 2 nitrogen and oxygen atoms in total. The molecular formula is C16H22Cl2O2. The largest absolute Gasteiger partial charge is 0.385 e. The van der Waals surface area contributed by atoms with Crippen LogP contribution in [-0.2, 0) is 4.74 Å². The molecule has 1 aromatic carbocycles.